The van der Waals surface area contributed by atoms with Gasteiger partial charge in [-0.05, 0) is 25.0 Å². The lowest BCUT2D eigenvalue weighted by Crippen LogP contribution is -1.79. The first-order chi connectivity index (χ1) is 6.20. The Balaban J connectivity index is 2.76. The van der Waals surface area contributed by atoms with E-state index >= 15 is 0 Å². The second kappa shape index (κ2) is 4.83. The molecule has 68 valence electrons. The van der Waals surface area contributed by atoms with Gasteiger partial charge in [-0.1, -0.05) is 41.9 Å². The number of halogens is 1. The summed E-state index contributed by atoms with van der Waals surface area (Å²) in [5, 5.41) is 0.559. The smallest absolute Gasteiger partial charge is 0.127 e. The molecule has 0 atom stereocenters. The van der Waals surface area contributed by atoms with Gasteiger partial charge in [0.2, 0.25) is 0 Å². The average Bonchev–Trinajstić information content (AvgIpc) is 2.15. The SMILES string of the molecule is CC(C)=C(Cl)/N=C/c1ccccc1. The number of nitrogens with zero attached hydrogens (tertiary/aromatic N) is 1. The van der Waals surface area contributed by atoms with E-state index in [0.29, 0.717) is 5.16 Å². The summed E-state index contributed by atoms with van der Waals surface area (Å²) in [7, 11) is 0. The molecule has 0 bridgehead atoms. The van der Waals surface area contributed by atoms with Crippen LogP contribution in [0.1, 0.15) is 19.4 Å². The fourth-order valence-electron chi connectivity index (χ4n) is 0.799. The fourth-order valence-corrected chi connectivity index (χ4v) is 0.848. The van der Waals surface area contributed by atoms with Crippen LogP contribution in [0.25, 0.3) is 0 Å². The third-order valence-electron chi connectivity index (χ3n) is 1.54. The Hall–Kier alpha value is -1.08. The van der Waals surface area contributed by atoms with Crippen molar-refractivity contribution in [1.29, 1.82) is 0 Å². The molecule has 1 aromatic rings. The molecule has 1 rings (SSSR count). The molecule has 0 unspecified atom stereocenters. The molecule has 0 fully saturated rings. The Bertz CT molecular complexity index is 321. The predicted molar refractivity (Wildman–Crippen MR) is 58.3 cm³/mol. The van der Waals surface area contributed by atoms with Crippen molar-refractivity contribution >= 4 is 17.8 Å². The minimum Gasteiger partial charge on any atom is -0.244 e. The van der Waals surface area contributed by atoms with E-state index in [1.807, 2.05) is 44.2 Å². The van der Waals surface area contributed by atoms with Gasteiger partial charge in [0, 0.05) is 6.21 Å². The third kappa shape index (κ3) is 3.43. The molecule has 0 saturated heterocycles. The van der Waals surface area contributed by atoms with Crippen molar-refractivity contribution in [3.05, 3.63) is 46.6 Å². The molecule has 13 heavy (non-hydrogen) atoms. The Morgan fingerprint density at radius 2 is 1.85 bits per heavy atom. The van der Waals surface area contributed by atoms with Crippen LogP contribution in [0.2, 0.25) is 0 Å². The van der Waals surface area contributed by atoms with Crippen molar-refractivity contribution in [1.82, 2.24) is 0 Å². The highest BCUT2D eigenvalue weighted by Crippen LogP contribution is 2.09. The molecule has 0 amide bonds. The third-order valence-corrected chi connectivity index (χ3v) is 2.01. The Morgan fingerprint density at radius 3 is 2.38 bits per heavy atom. The molecule has 2 heteroatoms. The van der Waals surface area contributed by atoms with E-state index in [0.717, 1.165) is 11.1 Å². The summed E-state index contributed by atoms with van der Waals surface area (Å²) < 4.78 is 0. The van der Waals surface area contributed by atoms with Crippen LogP contribution in [-0.2, 0) is 0 Å². The standard InChI is InChI=1S/C11H12ClN/c1-9(2)11(12)13-8-10-6-4-3-5-7-10/h3-8H,1-2H3/b13-8+. The molecule has 0 spiro atoms. The first-order valence-electron chi connectivity index (χ1n) is 4.12. The van der Waals surface area contributed by atoms with Gasteiger partial charge in [-0.3, -0.25) is 0 Å². The average molecular weight is 194 g/mol. The molecule has 0 heterocycles. The number of allylic oxidation sites excluding steroid dienone is 1. The van der Waals surface area contributed by atoms with Gasteiger partial charge in [0.1, 0.15) is 5.16 Å². The summed E-state index contributed by atoms with van der Waals surface area (Å²) in [6, 6.07) is 9.88. The van der Waals surface area contributed by atoms with E-state index in [9.17, 15) is 0 Å². The van der Waals surface area contributed by atoms with Crippen LogP contribution in [0.15, 0.2) is 46.1 Å². The topological polar surface area (TPSA) is 12.4 Å². The highest BCUT2D eigenvalue weighted by Gasteiger charge is 1.89. The lowest BCUT2D eigenvalue weighted by molar-refractivity contribution is 1.31. The number of hydrogen-bond acceptors (Lipinski definition) is 1. The molecule has 0 aliphatic heterocycles. The van der Waals surface area contributed by atoms with Crippen molar-refractivity contribution in [2.75, 3.05) is 0 Å². The molecule has 0 saturated carbocycles. The summed E-state index contributed by atoms with van der Waals surface area (Å²) >= 11 is 5.85. The van der Waals surface area contributed by atoms with E-state index < -0.39 is 0 Å². The second-order valence-electron chi connectivity index (χ2n) is 2.96. The Kier molecular flexibility index (Phi) is 3.71. The molecule has 1 nitrogen and oxygen atoms in total. The van der Waals surface area contributed by atoms with E-state index in [4.69, 9.17) is 11.6 Å². The zero-order valence-corrected chi connectivity index (χ0v) is 8.55. The van der Waals surface area contributed by atoms with Crippen LogP contribution >= 0.6 is 11.6 Å². The van der Waals surface area contributed by atoms with Crippen molar-refractivity contribution in [2.24, 2.45) is 4.99 Å². The summed E-state index contributed by atoms with van der Waals surface area (Å²) in [4.78, 5) is 4.11. The van der Waals surface area contributed by atoms with Crippen molar-refractivity contribution < 1.29 is 0 Å². The summed E-state index contributed by atoms with van der Waals surface area (Å²) in [5.74, 6) is 0. The van der Waals surface area contributed by atoms with Gasteiger partial charge in [0.25, 0.3) is 0 Å². The Labute approximate surface area is 83.8 Å². The van der Waals surface area contributed by atoms with Gasteiger partial charge in [0.15, 0.2) is 0 Å². The molecule has 0 aliphatic carbocycles. The van der Waals surface area contributed by atoms with Crippen molar-refractivity contribution in [3.8, 4) is 0 Å². The molecule has 0 aliphatic rings. The number of aliphatic imine (C=N–C) groups is 1. The molecule has 1 aromatic carbocycles. The quantitative estimate of drug-likeness (QED) is 0.503. The van der Waals surface area contributed by atoms with Gasteiger partial charge in [-0.2, -0.15) is 0 Å². The normalized spacial score (nSPS) is 10.4. The van der Waals surface area contributed by atoms with Gasteiger partial charge in [-0.25, -0.2) is 4.99 Å². The summed E-state index contributed by atoms with van der Waals surface area (Å²) in [5.41, 5.74) is 2.08. The van der Waals surface area contributed by atoms with E-state index in [-0.39, 0.29) is 0 Å². The molecule has 0 aromatic heterocycles. The van der Waals surface area contributed by atoms with Gasteiger partial charge < -0.3 is 0 Å². The van der Waals surface area contributed by atoms with Crippen LogP contribution < -0.4 is 0 Å². The zero-order valence-electron chi connectivity index (χ0n) is 7.79. The maximum atomic E-state index is 5.85. The van der Waals surface area contributed by atoms with E-state index in [2.05, 4.69) is 4.99 Å². The summed E-state index contributed by atoms with van der Waals surface area (Å²) in [6.07, 6.45) is 1.76. The first-order valence-corrected chi connectivity index (χ1v) is 4.50. The van der Waals surface area contributed by atoms with Gasteiger partial charge in [-0.15, -0.1) is 0 Å². The van der Waals surface area contributed by atoms with E-state index in [1.165, 1.54) is 0 Å². The maximum Gasteiger partial charge on any atom is 0.127 e. The van der Waals surface area contributed by atoms with Gasteiger partial charge >= 0.3 is 0 Å². The highest BCUT2D eigenvalue weighted by molar-refractivity contribution is 6.30. The van der Waals surface area contributed by atoms with Crippen LogP contribution in [0, 0.1) is 0 Å². The minimum atomic E-state index is 0.559. The number of benzene rings is 1. The highest BCUT2D eigenvalue weighted by atomic mass is 35.5. The maximum absolute atomic E-state index is 5.85. The second-order valence-corrected chi connectivity index (χ2v) is 3.32. The lowest BCUT2D eigenvalue weighted by atomic mass is 10.2. The van der Waals surface area contributed by atoms with Crippen LogP contribution in [0.5, 0.6) is 0 Å². The molecular weight excluding hydrogens is 182 g/mol. The van der Waals surface area contributed by atoms with Crippen LogP contribution in [0.3, 0.4) is 0 Å². The number of rotatable bonds is 2. The van der Waals surface area contributed by atoms with Crippen LogP contribution in [-0.4, -0.2) is 6.21 Å². The lowest BCUT2D eigenvalue weighted by Gasteiger charge is -1.93. The Morgan fingerprint density at radius 1 is 1.23 bits per heavy atom. The molecule has 0 radical (unpaired) electrons. The monoisotopic (exact) mass is 193 g/mol. The summed E-state index contributed by atoms with van der Waals surface area (Å²) in [6.45, 7) is 3.87. The first kappa shape index (κ1) is 10.0. The zero-order chi connectivity index (χ0) is 9.68. The van der Waals surface area contributed by atoms with E-state index in [1.54, 1.807) is 6.21 Å². The molecule has 0 N–H and O–H groups in total. The predicted octanol–water partition coefficient (Wildman–Crippen LogP) is 3.60. The van der Waals surface area contributed by atoms with Crippen LogP contribution in [0.4, 0.5) is 0 Å². The molecular formula is C11H12ClN. The van der Waals surface area contributed by atoms with Crippen molar-refractivity contribution in [2.45, 2.75) is 13.8 Å². The van der Waals surface area contributed by atoms with Gasteiger partial charge in [0.05, 0.1) is 0 Å². The van der Waals surface area contributed by atoms with Crippen molar-refractivity contribution in [3.63, 3.8) is 0 Å². The largest absolute Gasteiger partial charge is 0.244 e. The number of hydrogen-bond donors (Lipinski definition) is 0. The fraction of sp³-hybridized carbons (Fsp3) is 0.182. The minimum absolute atomic E-state index is 0.559.